The van der Waals surface area contributed by atoms with E-state index in [1.54, 1.807) is 14.0 Å². The van der Waals surface area contributed by atoms with Crippen molar-refractivity contribution in [3.05, 3.63) is 29.3 Å². The average molecular weight is 530 g/mol. The van der Waals surface area contributed by atoms with Crippen LogP contribution in [0.1, 0.15) is 13.3 Å². The monoisotopic (exact) mass is 529 g/mol. The molecule has 0 atom stereocenters. The molecule has 1 aromatic carbocycles. The molecule has 1 aromatic rings. The molecule has 0 bridgehead atoms. The predicted octanol–water partition coefficient (Wildman–Crippen LogP) is 1.98. The third-order valence-corrected chi connectivity index (χ3v) is 6.05. The van der Waals surface area contributed by atoms with Crippen LogP contribution in [0.4, 0.5) is 5.69 Å². The Morgan fingerprint density at radius 2 is 1.85 bits per heavy atom. The minimum atomic E-state index is -3.12. The smallest absolute Gasteiger partial charge is 0.211 e. The summed E-state index contributed by atoms with van der Waals surface area (Å²) >= 11 is 6.28. The summed E-state index contributed by atoms with van der Waals surface area (Å²) in [6.07, 6.45) is 0.706. The Balaban J connectivity index is 0.00000364. The molecule has 0 amide bonds. The van der Waals surface area contributed by atoms with E-state index in [0.29, 0.717) is 19.5 Å². The fraction of sp³-hybridized carbons (Fsp3) is 0.588. The van der Waals surface area contributed by atoms with E-state index in [-0.39, 0.29) is 29.7 Å². The van der Waals surface area contributed by atoms with E-state index in [4.69, 9.17) is 11.6 Å². The van der Waals surface area contributed by atoms with Gasteiger partial charge in [-0.2, -0.15) is 0 Å². The van der Waals surface area contributed by atoms with Gasteiger partial charge >= 0.3 is 0 Å². The van der Waals surface area contributed by atoms with Gasteiger partial charge in [0.1, 0.15) is 0 Å². The van der Waals surface area contributed by atoms with Crippen molar-refractivity contribution in [3.8, 4) is 0 Å². The lowest BCUT2D eigenvalue weighted by Crippen LogP contribution is -2.52. The second kappa shape index (κ2) is 11.9. The number of anilines is 1. The minimum Gasteiger partial charge on any atom is -0.367 e. The maximum Gasteiger partial charge on any atom is 0.211 e. The number of sulfonamides is 1. The summed E-state index contributed by atoms with van der Waals surface area (Å²) in [5.41, 5.74) is 1.07. The molecule has 0 saturated carbocycles. The molecule has 1 heterocycles. The van der Waals surface area contributed by atoms with Crippen LogP contribution >= 0.6 is 35.6 Å². The van der Waals surface area contributed by atoms with Crippen LogP contribution in [-0.2, 0) is 10.0 Å². The number of para-hydroxylation sites is 1. The number of piperazine rings is 1. The Hall–Kier alpha value is -0.780. The van der Waals surface area contributed by atoms with Crippen molar-refractivity contribution in [1.82, 2.24) is 14.9 Å². The van der Waals surface area contributed by atoms with Gasteiger partial charge in [-0.15, -0.1) is 24.0 Å². The van der Waals surface area contributed by atoms with Crippen molar-refractivity contribution in [2.24, 2.45) is 4.99 Å². The van der Waals surface area contributed by atoms with E-state index in [9.17, 15) is 8.42 Å². The van der Waals surface area contributed by atoms with Crippen LogP contribution in [0.25, 0.3) is 0 Å². The Labute approximate surface area is 184 Å². The molecule has 0 aromatic heterocycles. The zero-order chi connectivity index (χ0) is 19.0. The summed E-state index contributed by atoms with van der Waals surface area (Å²) in [5, 5.41) is 4.08. The Morgan fingerprint density at radius 3 is 2.44 bits per heavy atom. The zero-order valence-corrected chi connectivity index (χ0v) is 19.7. The maximum absolute atomic E-state index is 11.4. The van der Waals surface area contributed by atoms with Crippen LogP contribution in [-0.4, -0.2) is 71.3 Å². The average Bonchev–Trinajstić information content (AvgIpc) is 2.65. The van der Waals surface area contributed by atoms with Crippen LogP contribution < -0.4 is 14.9 Å². The summed E-state index contributed by atoms with van der Waals surface area (Å²) in [6.45, 7) is 6.19. The standard InChI is InChI=1S/C17H28ClN5O2S.HI/c1-3-26(24,25)21-10-6-9-20-17(19-2)23-13-11-22(12-14-23)16-8-5-4-7-15(16)18;/h4-5,7-8,21H,3,6,9-14H2,1-2H3,(H,19,20);1H. The van der Waals surface area contributed by atoms with Crippen molar-refractivity contribution >= 4 is 57.2 Å². The van der Waals surface area contributed by atoms with Crippen LogP contribution in [0, 0.1) is 0 Å². The number of halogens is 2. The van der Waals surface area contributed by atoms with E-state index in [1.807, 2.05) is 24.3 Å². The van der Waals surface area contributed by atoms with Gasteiger partial charge in [0.2, 0.25) is 10.0 Å². The first-order valence-electron chi connectivity index (χ1n) is 8.89. The summed E-state index contributed by atoms with van der Waals surface area (Å²) in [4.78, 5) is 8.83. The van der Waals surface area contributed by atoms with Gasteiger partial charge < -0.3 is 15.1 Å². The van der Waals surface area contributed by atoms with Crippen LogP contribution in [0.3, 0.4) is 0 Å². The lowest BCUT2D eigenvalue weighted by Gasteiger charge is -2.38. The molecule has 0 aliphatic carbocycles. The molecule has 1 aliphatic rings. The fourth-order valence-corrected chi connectivity index (χ4v) is 3.73. The molecule has 0 spiro atoms. The summed E-state index contributed by atoms with van der Waals surface area (Å²) in [6, 6.07) is 7.90. The van der Waals surface area contributed by atoms with E-state index in [2.05, 4.69) is 24.8 Å². The molecule has 1 aliphatic heterocycles. The minimum absolute atomic E-state index is 0. The number of nitrogens with zero attached hydrogens (tertiary/aromatic N) is 3. The third kappa shape index (κ3) is 7.63. The van der Waals surface area contributed by atoms with Gasteiger partial charge in [-0.1, -0.05) is 23.7 Å². The SMILES string of the molecule is CCS(=O)(=O)NCCCNC(=NC)N1CCN(c2ccccc2Cl)CC1.I. The normalized spacial score (nSPS) is 15.4. The number of hydrogen-bond acceptors (Lipinski definition) is 4. The number of hydrogen-bond donors (Lipinski definition) is 2. The number of aliphatic imine (C=N–C) groups is 1. The van der Waals surface area contributed by atoms with Crippen LogP contribution in [0.15, 0.2) is 29.3 Å². The first-order chi connectivity index (χ1) is 12.5. The van der Waals surface area contributed by atoms with Crippen molar-refractivity contribution in [3.63, 3.8) is 0 Å². The largest absolute Gasteiger partial charge is 0.367 e. The Morgan fingerprint density at radius 1 is 1.19 bits per heavy atom. The number of rotatable bonds is 7. The van der Waals surface area contributed by atoms with Gasteiger partial charge in [0, 0.05) is 46.3 Å². The maximum atomic E-state index is 11.4. The molecule has 2 N–H and O–H groups in total. The molecule has 7 nitrogen and oxygen atoms in total. The van der Waals surface area contributed by atoms with Crippen molar-refractivity contribution in [2.45, 2.75) is 13.3 Å². The van der Waals surface area contributed by atoms with Gasteiger partial charge in [-0.05, 0) is 25.5 Å². The Kier molecular flexibility index (Phi) is 10.7. The van der Waals surface area contributed by atoms with Gasteiger partial charge in [0.15, 0.2) is 5.96 Å². The van der Waals surface area contributed by atoms with E-state index in [0.717, 1.165) is 42.8 Å². The number of benzene rings is 1. The topological polar surface area (TPSA) is 77.0 Å². The van der Waals surface area contributed by atoms with Crippen LogP contribution in [0.5, 0.6) is 0 Å². The number of nitrogens with one attached hydrogen (secondary N) is 2. The number of guanidine groups is 1. The third-order valence-electron chi connectivity index (χ3n) is 4.32. The lowest BCUT2D eigenvalue weighted by atomic mass is 10.2. The molecule has 27 heavy (non-hydrogen) atoms. The first-order valence-corrected chi connectivity index (χ1v) is 10.9. The quantitative estimate of drug-likeness (QED) is 0.245. The van der Waals surface area contributed by atoms with Gasteiger partial charge in [0.25, 0.3) is 0 Å². The fourth-order valence-electron chi connectivity index (χ4n) is 2.82. The molecule has 0 unspecified atom stereocenters. The van der Waals surface area contributed by atoms with Gasteiger partial charge in [0.05, 0.1) is 16.5 Å². The van der Waals surface area contributed by atoms with E-state index >= 15 is 0 Å². The Bertz CT molecular complexity index is 709. The zero-order valence-electron chi connectivity index (χ0n) is 15.8. The molecular formula is C17H29ClIN5O2S. The highest BCUT2D eigenvalue weighted by atomic mass is 127. The van der Waals surface area contributed by atoms with Crippen LogP contribution in [0.2, 0.25) is 5.02 Å². The molecule has 1 fully saturated rings. The summed E-state index contributed by atoms with van der Waals surface area (Å²) in [5.74, 6) is 0.958. The van der Waals surface area contributed by atoms with Gasteiger partial charge in [-0.25, -0.2) is 13.1 Å². The molecule has 0 radical (unpaired) electrons. The second-order valence-electron chi connectivity index (χ2n) is 6.05. The summed E-state index contributed by atoms with van der Waals surface area (Å²) in [7, 11) is -1.35. The highest BCUT2D eigenvalue weighted by Crippen LogP contribution is 2.25. The molecular weight excluding hydrogens is 501 g/mol. The molecule has 154 valence electrons. The first kappa shape index (κ1) is 24.3. The van der Waals surface area contributed by atoms with E-state index < -0.39 is 10.0 Å². The highest BCUT2D eigenvalue weighted by molar-refractivity contribution is 14.0. The van der Waals surface area contributed by atoms with E-state index in [1.165, 1.54) is 0 Å². The van der Waals surface area contributed by atoms with Crippen molar-refractivity contribution in [1.29, 1.82) is 0 Å². The highest BCUT2D eigenvalue weighted by Gasteiger charge is 2.20. The summed E-state index contributed by atoms with van der Waals surface area (Å²) < 4.78 is 25.4. The van der Waals surface area contributed by atoms with Gasteiger partial charge in [-0.3, -0.25) is 4.99 Å². The van der Waals surface area contributed by atoms with Crippen molar-refractivity contribution in [2.75, 3.05) is 57.0 Å². The van der Waals surface area contributed by atoms with Crippen molar-refractivity contribution < 1.29 is 8.42 Å². The predicted molar refractivity (Wildman–Crippen MR) is 124 cm³/mol. The molecule has 10 heteroatoms. The second-order valence-corrected chi connectivity index (χ2v) is 8.55. The molecule has 2 rings (SSSR count). The lowest BCUT2D eigenvalue weighted by molar-refractivity contribution is 0.372. The molecule has 1 saturated heterocycles.